The Kier molecular flexibility index (Phi) is 5.17. The van der Waals surface area contributed by atoms with Crippen molar-refractivity contribution in [3.8, 4) is 5.75 Å². The molecule has 1 aromatic heterocycles. The zero-order valence-electron chi connectivity index (χ0n) is 13.3. The van der Waals surface area contributed by atoms with Crippen LogP contribution in [0.5, 0.6) is 5.75 Å². The van der Waals surface area contributed by atoms with Gasteiger partial charge in [0.2, 0.25) is 5.82 Å². The van der Waals surface area contributed by atoms with E-state index in [0.29, 0.717) is 24.5 Å². The van der Waals surface area contributed by atoms with Crippen molar-refractivity contribution < 1.29 is 9.66 Å². The highest BCUT2D eigenvalue weighted by molar-refractivity contribution is 14.1. The van der Waals surface area contributed by atoms with Crippen molar-refractivity contribution in [2.75, 3.05) is 18.0 Å². The maximum Gasteiger partial charge on any atom is 0.314 e. The highest BCUT2D eigenvalue weighted by Crippen LogP contribution is 2.32. The molecule has 3 rings (SSSR count). The largest absolute Gasteiger partial charge is 0.489 e. The van der Waals surface area contributed by atoms with Gasteiger partial charge >= 0.3 is 5.69 Å². The third kappa shape index (κ3) is 3.61. The number of aromatic nitrogens is 1. The molecule has 0 radical (unpaired) electrons. The number of aryl methyl sites for hydroxylation is 1. The Morgan fingerprint density at radius 1 is 1.29 bits per heavy atom. The topological polar surface area (TPSA) is 68.5 Å². The van der Waals surface area contributed by atoms with Gasteiger partial charge in [-0.1, -0.05) is 12.1 Å². The summed E-state index contributed by atoms with van der Waals surface area (Å²) in [6.07, 6.45) is 3.39. The number of nitro groups is 1. The summed E-state index contributed by atoms with van der Waals surface area (Å²) in [5, 5.41) is 11.3. The third-order valence-electron chi connectivity index (χ3n) is 4.16. The zero-order valence-corrected chi connectivity index (χ0v) is 15.5. The monoisotopic (exact) mass is 439 g/mol. The number of pyridine rings is 1. The van der Waals surface area contributed by atoms with Gasteiger partial charge in [-0.3, -0.25) is 10.1 Å². The van der Waals surface area contributed by atoms with Crippen LogP contribution >= 0.6 is 22.6 Å². The normalized spacial score (nSPS) is 15.3. The van der Waals surface area contributed by atoms with Crippen LogP contribution in [0, 0.1) is 20.6 Å². The molecule has 0 bridgehead atoms. The second kappa shape index (κ2) is 7.33. The van der Waals surface area contributed by atoms with E-state index in [2.05, 4.69) is 27.6 Å². The Bertz CT molecular complexity index is 746. The fraction of sp³-hybridized carbons (Fsp3) is 0.353. The lowest BCUT2D eigenvalue weighted by Crippen LogP contribution is -2.39. The van der Waals surface area contributed by atoms with Gasteiger partial charge < -0.3 is 9.64 Å². The van der Waals surface area contributed by atoms with Gasteiger partial charge in [0.25, 0.3) is 0 Å². The molecule has 1 fully saturated rings. The van der Waals surface area contributed by atoms with Crippen LogP contribution in [-0.2, 0) is 0 Å². The number of anilines is 1. The maximum atomic E-state index is 11.3. The molecule has 126 valence electrons. The SMILES string of the molecule is Cc1ccnc(N2CCC(Oc3ccccc3I)CC2)c1[N+](=O)[O-]. The molecule has 0 spiro atoms. The number of hydrogen-bond acceptors (Lipinski definition) is 5. The van der Waals surface area contributed by atoms with Crippen LogP contribution in [0.15, 0.2) is 36.5 Å². The summed E-state index contributed by atoms with van der Waals surface area (Å²) in [5.41, 5.74) is 0.747. The Hall–Kier alpha value is -1.90. The predicted molar refractivity (Wildman–Crippen MR) is 101 cm³/mol. The molecule has 0 atom stereocenters. The molecule has 1 saturated heterocycles. The van der Waals surface area contributed by atoms with E-state index >= 15 is 0 Å². The molecule has 2 heterocycles. The van der Waals surface area contributed by atoms with E-state index in [-0.39, 0.29) is 16.7 Å². The quantitative estimate of drug-likeness (QED) is 0.410. The van der Waals surface area contributed by atoms with Crippen LogP contribution < -0.4 is 9.64 Å². The predicted octanol–water partition coefficient (Wildman–Crippen LogP) is 3.95. The minimum atomic E-state index is -0.341. The molecule has 24 heavy (non-hydrogen) atoms. The fourth-order valence-electron chi connectivity index (χ4n) is 2.90. The van der Waals surface area contributed by atoms with Crippen LogP contribution in [-0.4, -0.2) is 29.1 Å². The van der Waals surface area contributed by atoms with E-state index < -0.39 is 0 Å². The Morgan fingerprint density at radius 3 is 2.67 bits per heavy atom. The average molecular weight is 439 g/mol. The highest BCUT2D eigenvalue weighted by Gasteiger charge is 2.28. The Labute approximate surface area is 154 Å². The van der Waals surface area contributed by atoms with Gasteiger partial charge in [-0.25, -0.2) is 4.98 Å². The lowest BCUT2D eigenvalue weighted by molar-refractivity contribution is -0.384. The molecule has 2 aromatic rings. The van der Waals surface area contributed by atoms with Crippen molar-refractivity contribution in [2.45, 2.75) is 25.9 Å². The minimum absolute atomic E-state index is 0.106. The molecular weight excluding hydrogens is 421 g/mol. The van der Waals surface area contributed by atoms with Crippen molar-refractivity contribution in [3.05, 3.63) is 55.8 Å². The van der Waals surface area contributed by atoms with Gasteiger partial charge in [-0.05, 0) is 47.7 Å². The minimum Gasteiger partial charge on any atom is -0.489 e. The van der Waals surface area contributed by atoms with E-state index in [4.69, 9.17) is 4.74 Å². The first kappa shape index (κ1) is 16.9. The number of piperidine rings is 1. The van der Waals surface area contributed by atoms with E-state index in [0.717, 1.165) is 22.2 Å². The zero-order chi connectivity index (χ0) is 17.1. The van der Waals surface area contributed by atoms with Crippen LogP contribution in [0.25, 0.3) is 0 Å². The molecule has 0 N–H and O–H groups in total. The van der Waals surface area contributed by atoms with Gasteiger partial charge in [0.05, 0.1) is 8.49 Å². The number of benzene rings is 1. The van der Waals surface area contributed by atoms with Gasteiger partial charge in [-0.15, -0.1) is 0 Å². The first-order chi connectivity index (χ1) is 11.6. The van der Waals surface area contributed by atoms with E-state index in [1.807, 2.05) is 29.2 Å². The number of para-hydroxylation sites is 1. The number of hydrogen-bond donors (Lipinski definition) is 0. The van der Waals surface area contributed by atoms with Gasteiger partial charge in [0.1, 0.15) is 11.9 Å². The van der Waals surface area contributed by atoms with Gasteiger partial charge in [0.15, 0.2) is 0 Å². The molecule has 0 saturated carbocycles. The molecule has 6 nitrogen and oxygen atoms in total. The number of ether oxygens (including phenoxy) is 1. The molecule has 0 amide bonds. The van der Waals surface area contributed by atoms with Crippen molar-refractivity contribution in [1.82, 2.24) is 4.98 Å². The highest BCUT2D eigenvalue weighted by atomic mass is 127. The summed E-state index contributed by atoms with van der Waals surface area (Å²) >= 11 is 2.26. The van der Waals surface area contributed by atoms with Crippen molar-refractivity contribution in [3.63, 3.8) is 0 Å². The van der Waals surface area contributed by atoms with Crippen LogP contribution in [0.2, 0.25) is 0 Å². The van der Waals surface area contributed by atoms with Crippen molar-refractivity contribution in [2.24, 2.45) is 0 Å². The summed E-state index contributed by atoms with van der Waals surface area (Å²) in [6, 6.07) is 9.62. The molecular formula is C17H18IN3O3. The molecule has 1 aliphatic rings. The second-order valence-electron chi connectivity index (χ2n) is 5.79. The van der Waals surface area contributed by atoms with Crippen molar-refractivity contribution >= 4 is 34.1 Å². The van der Waals surface area contributed by atoms with Crippen LogP contribution in [0.4, 0.5) is 11.5 Å². The lowest BCUT2D eigenvalue weighted by atomic mass is 10.1. The van der Waals surface area contributed by atoms with Crippen LogP contribution in [0.1, 0.15) is 18.4 Å². The molecule has 0 aliphatic carbocycles. The number of nitrogens with zero attached hydrogens (tertiary/aromatic N) is 3. The molecule has 0 unspecified atom stereocenters. The maximum absolute atomic E-state index is 11.3. The third-order valence-corrected chi connectivity index (χ3v) is 5.05. The second-order valence-corrected chi connectivity index (χ2v) is 6.95. The summed E-state index contributed by atoms with van der Waals surface area (Å²) in [6.45, 7) is 3.15. The van der Waals surface area contributed by atoms with E-state index in [9.17, 15) is 10.1 Å². The summed E-state index contributed by atoms with van der Waals surface area (Å²) < 4.78 is 7.17. The lowest BCUT2D eigenvalue weighted by Gasteiger charge is -2.32. The van der Waals surface area contributed by atoms with Gasteiger partial charge in [0, 0.05) is 37.7 Å². The average Bonchev–Trinajstić information content (AvgIpc) is 2.57. The first-order valence-corrected chi connectivity index (χ1v) is 8.90. The smallest absolute Gasteiger partial charge is 0.314 e. The standard InChI is InChI=1S/C17H18IN3O3/c1-12-6-9-19-17(16(12)21(22)23)20-10-7-13(8-11-20)24-15-5-3-2-4-14(15)18/h2-6,9,13H,7-8,10-11H2,1H3. The summed E-state index contributed by atoms with van der Waals surface area (Å²) in [5.74, 6) is 1.36. The molecule has 7 heteroatoms. The van der Waals surface area contributed by atoms with Crippen LogP contribution in [0.3, 0.4) is 0 Å². The van der Waals surface area contributed by atoms with E-state index in [1.54, 1.807) is 19.2 Å². The Morgan fingerprint density at radius 2 is 2.00 bits per heavy atom. The molecule has 1 aliphatic heterocycles. The van der Waals surface area contributed by atoms with Gasteiger partial charge in [-0.2, -0.15) is 0 Å². The Balaban J connectivity index is 1.69. The van der Waals surface area contributed by atoms with Crippen molar-refractivity contribution in [1.29, 1.82) is 0 Å². The molecule has 1 aromatic carbocycles. The van der Waals surface area contributed by atoms with E-state index in [1.165, 1.54) is 0 Å². The summed E-state index contributed by atoms with van der Waals surface area (Å²) in [7, 11) is 0. The fourth-order valence-corrected chi connectivity index (χ4v) is 3.41. The number of halogens is 1. The first-order valence-electron chi connectivity index (χ1n) is 7.82. The number of rotatable bonds is 4. The summed E-state index contributed by atoms with van der Waals surface area (Å²) in [4.78, 5) is 17.2.